The number of rotatable bonds is 4. The van der Waals surface area contributed by atoms with Crippen molar-refractivity contribution in [3.05, 3.63) is 41.5 Å². The standard InChI is InChI=1S/C11H10F2N2O.ClH/c12-9(3-4-14)7-16-10-2-1-8(6-15)11(13)5-10;/h1-3,5H,4,7,14H2;1H/b9-3-;. The van der Waals surface area contributed by atoms with Gasteiger partial charge in [0.15, 0.2) is 0 Å². The Balaban J connectivity index is 0.00000256. The lowest BCUT2D eigenvalue weighted by molar-refractivity contribution is 0.316. The van der Waals surface area contributed by atoms with Crippen LogP contribution in [0.4, 0.5) is 8.78 Å². The highest BCUT2D eigenvalue weighted by Crippen LogP contribution is 2.16. The van der Waals surface area contributed by atoms with Crippen LogP contribution in [0.15, 0.2) is 30.1 Å². The van der Waals surface area contributed by atoms with Crippen molar-refractivity contribution >= 4 is 12.4 Å². The second kappa shape index (κ2) is 7.60. The zero-order valence-corrected chi connectivity index (χ0v) is 9.64. The Kier molecular flexibility index (Phi) is 6.87. The van der Waals surface area contributed by atoms with Gasteiger partial charge < -0.3 is 10.5 Å². The maximum Gasteiger partial charge on any atom is 0.144 e. The van der Waals surface area contributed by atoms with Gasteiger partial charge in [-0.25, -0.2) is 8.78 Å². The predicted molar refractivity (Wildman–Crippen MR) is 62.1 cm³/mol. The van der Waals surface area contributed by atoms with Crippen LogP contribution in [0.1, 0.15) is 5.56 Å². The van der Waals surface area contributed by atoms with Gasteiger partial charge in [-0.3, -0.25) is 0 Å². The van der Waals surface area contributed by atoms with E-state index in [1.807, 2.05) is 0 Å². The summed E-state index contributed by atoms with van der Waals surface area (Å²) in [7, 11) is 0. The van der Waals surface area contributed by atoms with Crippen molar-refractivity contribution in [3.63, 3.8) is 0 Å². The zero-order chi connectivity index (χ0) is 12.0. The van der Waals surface area contributed by atoms with Crippen LogP contribution in [0.25, 0.3) is 0 Å². The largest absolute Gasteiger partial charge is 0.486 e. The number of hydrogen-bond donors (Lipinski definition) is 1. The first-order valence-electron chi connectivity index (χ1n) is 4.54. The quantitative estimate of drug-likeness (QED) is 0.904. The highest BCUT2D eigenvalue weighted by molar-refractivity contribution is 5.85. The van der Waals surface area contributed by atoms with Crippen molar-refractivity contribution in [1.29, 1.82) is 5.26 Å². The van der Waals surface area contributed by atoms with Gasteiger partial charge in [0.25, 0.3) is 0 Å². The Bertz CT molecular complexity index is 444. The second-order valence-electron chi connectivity index (χ2n) is 2.93. The first-order valence-corrected chi connectivity index (χ1v) is 4.54. The molecule has 0 fully saturated rings. The smallest absolute Gasteiger partial charge is 0.144 e. The van der Waals surface area contributed by atoms with E-state index in [2.05, 4.69) is 0 Å². The predicted octanol–water partition coefficient (Wildman–Crippen LogP) is 2.31. The Hall–Kier alpha value is -1.64. The molecule has 0 aliphatic carbocycles. The third kappa shape index (κ3) is 4.81. The molecule has 1 aromatic rings. The molecule has 0 bridgehead atoms. The molecule has 17 heavy (non-hydrogen) atoms. The molecule has 0 unspecified atom stereocenters. The van der Waals surface area contributed by atoms with Crippen molar-refractivity contribution in [2.24, 2.45) is 5.73 Å². The summed E-state index contributed by atoms with van der Waals surface area (Å²) in [5.74, 6) is -1.05. The van der Waals surface area contributed by atoms with Crippen molar-refractivity contribution < 1.29 is 13.5 Å². The van der Waals surface area contributed by atoms with Crippen molar-refractivity contribution in [1.82, 2.24) is 0 Å². The summed E-state index contributed by atoms with van der Waals surface area (Å²) in [5.41, 5.74) is 5.01. The van der Waals surface area contributed by atoms with E-state index in [9.17, 15) is 8.78 Å². The molecule has 0 heterocycles. The molecule has 0 aromatic heterocycles. The third-order valence-electron chi connectivity index (χ3n) is 1.78. The summed E-state index contributed by atoms with van der Waals surface area (Å²) in [6.45, 7) is -0.223. The lowest BCUT2D eigenvalue weighted by Gasteiger charge is -2.04. The van der Waals surface area contributed by atoms with Gasteiger partial charge >= 0.3 is 0 Å². The number of benzene rings is 1. The number of nitrogens with two attached hydrogens (primary N) is 1. The van der Waals surface area contributed by atoms with E-state index in [4.69, 9.17) is 15.7 Å². The van der Waals surface area contributed by atoms with Gasteiger partial charge in [-0.05, 0) is 18.2 Å². The monoisotopic (exact) mass is 260 g/mol. The number of nitrogens with zero attached hydrogens (tertiary/aromatic N) is 1. The summed E-state index contributed by atoms with van der Waals surface area (Å²) in [4.78, 5) is 0. The van der Waals surface area contributed by atoms with Crippen molar-refractivity contribution in [3.8, 4) is 11.8 Å². The van der Waals surface area contributed by atoms with E-state index in [0.29, 0.717) is 0 Å². The molecule has 0 amide bonds. The van der Waals surface area contributed by atoms with Crippen molar-refractivity contribution in [2.45, 2.75) is 0 Å². The topological polar surface area (TPSA) is 59.0 Å². The van der Waals surface area contributed by atoms with Crippen LogP contribution in [-0.2, 0) is 0 Å². The minimum atomic E-state index is -0.691. The van der Waals surface area contributed by atoms with Gasteiger partial charge in [-0.15, -0.1) is 12.4 Å². The van der Waals surface area contributed by atoms with Gasteiger partial charge in [-0.2, -0.15) is 5.26 Å². The first kappa shape index (κ1) is 15.4. The molecule has 0 atom stereocenters. The number of ether oxygens (including phenoxy) is 1. The van der Waals surface area contributed by atoms with Gasteiger partial charge in [0.05, 0.1) is 5.56 Å². The second-order valence-corrected chi connectivity index (χ2v) is 2.93. The maximum absolute atomic E-state index is 13.1. The van der Waals surface area contributed by atoms with Gasteiger partial charge in [0, 0.05) is 12.6 Å². The lowest BCUT2D eigenvalue weighted by Crippen LogP contribution is -2.02. The molecule has 2 N–H and O–H groups in total. The summed E-state index contributed by atoms with van der Waals surface area (Å²) in [6.07, 6.45) is 1.17. The summed E-state index contributed by atoms with van der Waals surface area (Å²) >= 11 is 0. The Labute approximate surface area is 104 Å². The lowest BCUT2D eigenvalue weighted by atomic mass is 10.2. The third-order valence-corrected chi connectivity index (χ3v) is 1.78. The molecule has 0 radical (unpaired) electrons. The fraction of sp³-hybridized carbons (Fsp3) is 0.182. The molecule has 0 saturated carbocycles. The highest BCUT2D eigenvalue weighted by atomic mass is 35.5. The van der Waals surface area contributed by atoms with E-state index in [0.717, 1.165) is 6.07 Å². The van der Waals surface area contributed by atoms with Crippen LogP contribution in [0.5, 0.6) is 5.75 Å². The molecule has 1 rings (SSSR count). The number of halogens is 3. The molecule has 3 nitrogen and oxygen atoms in total. The molecule has 1 aromatic carbocycles. The van der Waals surface area contributed by atoms with Crippen LogP contribution >= 0.6 is 12.4 Å². The van der Waals surface area contributed by atoms with E-state index in [1.54, 1.807) is 6.07 Å². The van der Waals surface area contributed by atoms with Crippen LogP contribution in [0, 0.1) is 17.1 Å². The molecule has 0 aliphatic rings. The van der Waals surface area contributed by atoms with Crippen LogP contribution in [-0.4, -0.2) is 13.2 Å². The Morgan fingerprint density at radius 1 is 1.53 bits per heavy atom. The van der Waals surface area contributed by atoms with Gasteiger partial charge in [-0.1, -0.05) is 0 Å². The molecular weight excluding hydrogens is 250 g/mol. The maximum atomic E-state index is 13.1. The van der Waals surface area contributed by atoms with Crippen LogP contribution in [0.3, 0.4) is 0 Å². The number of hydrogen-bond acceptors (Lipinski definition) is 3. The summed E-state index contributed by atoms with van der Waals surface area (Å²) in [5, 5.41) is 8.48. The summed E-state index contributed by atoms with van der Waals surface area (Å²) < 4.78 is 30.9. The van der Waals surface area contributed by atoms with Crippen LogP contribution < -0.4 is 10.5 Å². The highest BCUT2D eigenvalue weighted by Gasteiger charge is 2.04. The summed E-state index contributed by atoms with van der Waals surface area (Å²) in [6, 6.07) is 5.38. The SMILES string of the molecule is Cl.N#Cc1ccc(OC/C(F)=C/CN)cc1F. The van der Waals surface area contributed by atoms with E-state index in [-0.39, 0.29) is 36.9 Å². The normalized spacial score (nSPS) is 10.4. The Morgan fingerprint density at radius 3 is 2.76 bits per heavy atom. The molecule has 6 heteroatoms. The zero-order valence-electron chi connectivity index (χ0n) is 8.82. The molecule has 0 spiro atoms. The number of nitriles is 1. The average Bonchev–Trinajstić information content (AvgIpc) is 2.27. The molecular formula is C11H11ClF2N2O. The van der Waals surface area contributed by atoms with E-state index >= 15 is 0 Å². The van der Waals surface area contributed by atoms with Crippen LogP contribution in [0.2, 0.25) is 0 Å². The fourth-order valence-electron chi connectivity index (χ4n) is 1.02. The first-order chi connectivity index (χ1) is 7.67. The average molecular weight is 261 g/mol. The van der Waals surface area contributed by atoms with E-state index < -0.39 is 11.6 Å². The fourth-order valence-corrected chi connectivity index (χ4v) is 1.02. The van der Waals surface area contributed by atoms with E-state index in [1.165, 1.54) is 18.2 Å². The minimum Gasteiger partial charge on any atom is -0.486 e. The van der Waals surface area contributed by atoms with Gasteiger partial charge in [0.1, 0.15) is 30.1 Å². The van der Waals surface area contributed by atoms with Crippen molar-refractivity contribution in [2.75, 3.05) is 13.2 Å². The molecule has 0 saturated heterocycles. The molecule has 92 valence electrons. The minimum absolute atomic E-state index is 0. The Morgan fingerprint density at radius 2 is 2.24 bits per heavy atom. The molecule has 0 aliphatic heterocycles. The van der Waals surface area contributed by atoms with Gasteiger partial charge in [0.2, 0.25) is 0 Å².